The SMILES string of the molecule is Cc1ccc(NC(=O)CN(C)C(=O)c2cccnc2)cc1. The largest absolute Gasteiger partial charge is 0.332 e. The van der Waals surface area contributed by atoms with Gasteiger partial charge in [0, 0.05) is 25.1 Å². The van der Waals surface area contributed by atoms with Gasteiger partial charge in [-0.1, -0.05) is 17.7 Å². The van der Waals surface area contributed by atoms with Gasteiger partial charge in [-0.25, -0.2) is 0 Å². The van der Waals surface area contributed by atoms with E-state index in [1.54, 1.807) is 25.4 Å². The molecule has 1 N–H and O–H groups in total. The maximum atomic E-state index is 12.1. The van der Waals surface area contributed by atoms with Crippen molar-refractivity contribution in [2.45, 2.75) is 6.92 Å². The summed E-state index contributed by atoms with van der Waals surface area (Å²) in [6.07, 6.45) is 3.08. The average Bonchev–Trinajstić information content (AvgIpc) is 2.49. The van der Waals surface area contributed by atoms with Crippen LogP contribution in [-0.2, 0) is 4.79 Å². The van der Waals surface area contributed by atoms with Crippen LogP contribution < -0.4 is 5.32 Å². The molecule has 0 saturated heterocycles. The molecule has 0 saturated carbocycles. The smallest absolute Gasteiger partial charge is 0.255 e. The van der Waals surface area contributed by atoms with Crippen molar-refractivity contribution in [1.29, 1.82) is 0 Å². The fourth-order valence-electron chi connectivity index (χ4n) is 1.83. The average molecular weight is 283 g/mol. The van der Waals surface area contributed by atoms with Gasteiger partial charge in [0.2, 0.25) is 5.91 Å². The highest BCUT2D eigenvalue weighted by molar-refractivity contribution is 5.99. The molecule has 2 rings (SSSR count). The predicted octanol–water partition coefficient (Wildman–Crippen LogP) is 2.10. The Kier molecular flexibility index (Phi) is 4.66. The predicted molar refractivity (Wildman–Crippen MR) is 81.0 cm³/mol. The third-order valence-electron chi connectivity index (χ3n) is 2.97. The number of nitrogens with zero attached hydrogens (tertiary/aromatic N) is 2. The number of hydrogen-bond donors (Lipinski definition) is 1. The number of nitrogens with one attached hydrogen (secondary N) is 1. The molecular formula is C16H17N3O2. The molecule has 5 nitrogen and oxygen atoms in total. The molecule has 0 spiro atoms. The lowest BCUT2D eigenvalue weighted by molar-refractivity contribution is -0.116. The molecular weight excluding hydrogens is 266 g/mol. The summed E-state index contributed by atoms with van der Waals surface area (Å²) in [4.78, 5) is 29.3. The molecule has 108 valence electrons. The summed E-state index contributed by atoms with van der Waals surface area (Å²) in [5.41, 5.74) is 2.30. The van der Waals surface area contributed by atoms with Gasteiger partial charge in [0.15, 0.2) is 0 Å². The van der Waals surface area contributed by atoms with E-state index in [0.29, 0.717) is 11.3 Å². The second-order valence-corrected chi connectivity index (χ2v) is 4.82. The van der Waals surface area contributed by atoms with E-state index >= 15 is 0 Å². The monoisotopic (exact) mass is 283 g/mol. The van der Waals surface area contributed by atoms with Crippen molar-refractivity contribution in [3.05, 3.63) is 59.9 Å². The third kappa shape index (κ3) is 4.14. The number of pyridine rings is 1. The van der Waals surface area contributed by atoms with Crippen LogP contribution in [0.25, 0.3) is 0 Å². The first-order valence-electron chi connectivity index (χ1n) is 6.58. The van der Waals surface area contributed by atoms with Crippen molar-refractivity contribution >= 4 is 17.5 Å². The summed E-state index contributed by atoms with van der Waals surface area (Å²) in [7, 11) is 1.59. The number of carbonyl (C=O) groups excluding carboxylic acids is 2. The van der Waals surface area contributed by atoms with E-state index < -0.39 is 0 Å². The van der Waals surface area contributed by atoms with Crippen molar-refractivity contribution < 1.29 is 9.59 Å². The van der Waals surface area contributed by atoms with Crippen molar-refractivity contribution in [3.63, 3.8) is 0 Å². The Morgan fingerprint density at radius 3 is 2.52 bits per heavy atom. The molecule has 0 atom stereocenters. The molecule has 1 aromatic heterocycles. The highest BCUT2D eigenvalue weighted by atomic mass is 16.2. The first kappa shape index (κ1) is 14.7. The molecule has 0 aliphatic heterocycles. The minimum Gasteiger partial charge on any atom is -0.332 e. The number of amides is 2. The molecule has 1 aromatic carbocycles. The normalized spacial score (nSPS) is 10.0. The van der Waals surface area contributed by atoms with Crippen LogP contribution >= 0.6 is 0 Å². The van der Waals surface area contributed by atoms with Gasteiger partial charge in [0.25, 0.3) is 5.91 Å². The quantitative estimate of drug-likeness (QED) is 0.934. The Bertz CT molecular complexity index is 624. The van der Waals surface area contributed by atoms with E-state index in [1.165, 1.54) is 11.1 Å². The van der Waals surface area contributed by atoms with Crippen LogP contribution in [0.5, 0.6) is 0 Å². The summed E-state index contributed by atoms with van der Waals surface area (Å²) >= 11 is 0. The zero-order valence-corrected chi connectivity index (χ0v) is 12.0. The van der Waals surface area contributed by atoms with Gasteiger partial charge < -0.3 is 10.2 Å². The Labute approximate surface area is 123 Å². The van der Waals surface area contributed by atoms with Gasteiger partial charge in [-0.3, -0.25) is 14.6 Å². The lowest BCUT2D eigenvalue weighted by atomic mass is 10.2. The van der Waals surface area contributed by atoms with Crippen LogP contribution in [0.1, 0.15) is 15.9 Å². The van der Waals surface area contributed by atoms with Gasteiger partial charge in [-0.15, -0.1) is 0 Å². The molecule has 0 aliphatic rings. The molecule has 0 radical (unpaired) electrons. The summed E-state index contributed by atoms with van der Waals surface area (Å²) in [5.74, 6) is -0.472. The minimum atomic E-state index is -0.237. The number of rotatable bonds is 4. The molecule has 0 aliphatic carbocycles. The summed E-state index contributed by atoms with van der Waals surface area (Å²) < 4.78 is 0. The molecule has 1 heterocycles. The van der Waals surface area contributed by atoms with Crippen LogP contribution in [0.4, 0.5) is 5.69 Å². The third-order valence-corrected chi connectivity index (χ3v) is 2.97. The number of aromatic nitrogens is 1. The van der Waals surface area contributed by atoms with Gasteiger partial charge in [0.1, 0.15) is 0 Å². The number of aryl methyl sites for hydroxylation is 1. The number of benzene rings is 1. The maximum Gasteiger partial charge on any atom is 0.255 e. The van der Waals surface area contributed by atoms with Crippen LogP contribution in [0, 0.1) is 6.92 Å². The van der Waals surface area contributed by atoms with Crippen molar-refractivity contribution in [3.8, 4) is 0 Å². The van der Waals surface area contributed by atoms with E-state index in [4.69, 9.17) is 0 Å². The Hall–Kier alpha value is -2.69. The van der Waals surface area contributed by atoms with E-state index in [9.17, 15) is 9.59 Å². The lowest BCUT2D eigenvalue weighted by Crippen LogP contribution is -2.34. The number of anilines is 1. The summed E-state index contributed by atoms with van der Waals surface area (Å²) in [6, 6.07) is 10.9. The van der Waals surface area contributed by atoms with E-state index in [2.05, 4.69) is 10.3 Å². The molecule has 0 unspecified atom stereocenters. The van der Waals surface area contributed by atoms with Crippen molar-refractivity contribution in [2.75, 3.05) is 18.9 Å². The zero-order valence-electron chi connectivity index (χ0n) is 12.0. The van der Waals surface area contributed by atoms with Gasteiger partial charge >= 0.3 is 0 Å². The second-order valence-electron chi connectivity index (χ2n) is 4.82. The first-order valence-corrected chi connectivity index (χ1v) is 6.58. The van der Waals surface area contributed by atoms with Crippen LogP contribution in [-0.4, -0.2) is 35.3 Å². The lowest BCUT2D eigenvalue weighted by Gasteiger charge is -2.16. The van der Waals surface area contributed by atoms with Gasteiger partial charge in [-0.05, 0) is 31.2 Å². The summed E-state index contributed by atoms with van der Waals surface area (Å²) in [6.45, 7) is 1.97. The fourth-order valence-corrected chi connectivity index (χ4v) is 1.83. The van der Waals surface area contributed by atoms with E-state index in [1.807, 2.05) is 31.2 Å². The van der Waals surface area contributed by atoms with Crippen LogP contribution in [0.3, 0.4) is 0 Å². The standard InChI is InChI=1S/C16H17N3O2/c1-12-5-7-14(8-6-12)18-15(20)11-19(2)16(21)13-4-3-9-17-10-13/h3-10H,11H2,1-2H3,(H,18,20). The van der Waals surface area contributed by atoms with E-state index in [-0.39, 0.29) is 18.4 Å². The van der Waals surface area contributed by atoms with Crippen LogP contribution in [0.15, 0.2) is 48.8 Å². The first-order chi connectivity index (χ1) is 10.1. The zero-order chi connectivity index (χ0) is 15.2. The Balaban J connectivity index is 1.93. The summed E-state index contributed by atoms with van der Waals surface area (Å²) in [5, 5.41) is 2.76. The fraction of sp³-hybridized carbons (Fsp3) is 0.188. The Morgan fingerprint density at radius 2 is 1.90 bits per heavy atom. The Morgan fingerprint density at radius 1 is 1.19 bits per heavy atom. The molecule has 0 bridgehead atoms. The highest BCUT2D eigenvalue weighted by Gasteiger charge is 2.14. The molecule has 2 aromatic rings. The topological polar surface area (TPSA) is 62.3 Å². The van der Waals surface area contributed by atoms with Gasteiger partial charge in [0.05, 0.1) is 12.1 Å². The van der Waals surface area contributed by atoms with Gasteiger partial charge in [-0.2, -0.15) is 0 Å². The van der Waals surface area contributed by atoms with E-state index in [0.717, 1.165) is 5.56 Å². The molecule has 5 heteroatoms. The van der Waals surface area contributed by atoms with Crippen LogP contribution in [0.2, 0.25) is 0 Å². The molecule has 0 fully saturated rings. The van der Waals surface area contributed by atoms with Crippen molar-refractivity contribution in [2.24, 2.45) is 0 Å². The minimum absolute atomic E-state index is 0.0123. The number of carbonyl (C=O) groups is 2. The molecule has 21 heavy (non-hydrogen) atoms. The maximum absolute atomic E-state index is 12.1. The second kappa shape index (κ2) is 6.65. The number of likely N-dealkylation sites (N-methyl/N-ethyl adjacent to an activating group) is 1. The molecule has 2 amide bonds. The highest BCUT2D eigenvalue weighted by Crippen LogP contribution is 2.08. The number of hydrogen-bond acceptors (Lipinski definition) is 3. The van der Waals surface area contributed by atoms with Crippen molar-refractivity contribution in [1.82, 2.24) is 9.88 Å².